The lowest BCUT2D eigenvalue weighted by Crippen LogP contribution is -2.52. The Morgan fingerprint density at radius 3 is 2.54 bits per heavy atom. The fraction of sp³-hybridized carbons (Fsp3) is 0.350. The molecule has 1 amide bonds. The molecule has 2 N–H and O–H groups in total. The van der Waals surface area contributed by atoms with Crippen LogP contribution in [0.15, 0.2) is 48.5 Å². The number of carbonyl (C=O) groups excluding carboxylic acids is 1. The number of amides is 1. The maximum Gasteiger partial charge on any atom is 0.241 e. The zero-order valence-electron chi connectivity index (χ0n) is 15.2. The van der Waals surface area contributed by atoms with Gasteiger partial charge in [-0.15, -0.1) is 0 Å². The molecule has 0 unspecified atom stereocenters. The molecule has 1 saturated heterocycles. The SMILES string of the molecule is COc1cccc(NC(=O)[C@H](C)N2CCN(c3ccccc3O)CC2)c1. The van der Waals surface area contributed by atoms with Crippen LogP contribution in [0.1, 0.15) is 6.92 Å². The Hall–Kier alpha value is -2.73. The van der Waals surface area contributed by atoms with Crippen LogP contribution in [-0.2, 0) is 4.79 Å². The number of phenols is 1. The Balaban J connectivity index is 1.56. The van der Waals surface area contributed by atoms with Gasteiger partial charge in [-0.1, -0.05) is 18.2 Å². The van der Waals surface area contributed by atoms with Crippen molar-refractivity contribution in [1.82, 2.24) is 4.90 Å². The third kappa shape index (κ3) is 4.08. The number of phenolic OH excluding ortho intramolecular Hbond substituents is 1. The molecule has 6 heteroatoms. The zero-order chi connectivity index (χ0) is 18.5. The van der Waals surface area contributed by atoms with Crippen molar-refractivity contribution in [2.45, 2.75) is 13.0 Å². The Morgan fingerprint density at radius 1 is 1.12 bits per heavy atom. The van der Waals surface area contributed by atoms with Crippen LogP contribution >= 0.6 is 0 Å². The van der Waals surface area contributed by atoms with E-state index in [1.54, 1.807) is 19.2 Å². The highest BCUT2D eigenvalue weighted by molar-refractivity contribution is 5.94. The van der Waals surface area contributed by atoms with Crippen LogP contribution in [0.4, 0.5) is 11.4 Å². The van der Waals surface area contributed by atoms with E-state index in [9.17, 15) is 9.90 Å². The Kier molecular flexibility index (Phi) is 5.63. The van der Waals surface area contributed by atoms with Gasteiger partial charge in [-0.25, -0.2) is 0 Å². The molecule has 6 nitrogen and oxygen atoms in total. The maximum atomic E-state index is 12.6. The number of carbonyl (C=O) groups is 1. The van der Waals surface area contributed by atoms with Crippen molar-refractivity contribution in [2.75, 3.05) is 43.5 Å². The second-order valence-corrected chi connectivity index (χ2v) is 6.41. The van der Waals surface area contributed by atoms with Gasteiger partial charge in [0, 0.05) is 37.9 Å². The van der Waals surface area contributed by atoms with Crippen LogP contribution in [0.25, 0.3) is 0 Å². The Labute approximate surface area is 154 Å². The average Bonchev–Trinajstić information content (AvgIpc) is 2.68. The lowest BCUT2D eigenvalue weighted by atomic mass is 10.2. The molecule has 0 saturated carbocycles. The average molecular weight is 355 g/mol. The molecule has 2 aromatic rings. The predicted molar refractivity (Wildman–Crippen MR) is 103 cm³/mol. The molecule has 0 aromatic heterocycles. The van der Waals surface area contributed by atoms with Crippen molar-refractivity contribution < 1.29 is 14.6 Å². The first-order valence-electron chi connectivity index (χ1n) is 8.80. The van der Waals surface area contributed by atoms with Crippen LogP contribution in [0, 0.1) is 0 Å². The quantitative estimate of drug-likeness (QED) is 0.863. The maximum absolute atomic E-state index is 12.6. The van der Waals surface area contributed by atoms with Gasteiger partial charge < -0.3 is 20.1 Å². The minimum Gasteiger partial charge on any atom is -0.506 e. The Morgan fingerprint density at radius 2 is 1.85 bits per heavy atom. The number of nitrogens with one attached hydrogen (secondary N) is 1. The van der Waals surface area contributed by atoms with Crippen LogP contribution in [0.5, 0.6) is 11.5 Å². The summed E-state index contributed by atoms with van der Waals surface area (Å²) in [6.45, 7) is 5.00. The summed E-state index contributed by atoms with van der Waals surface area (Å²) >= 11 is 0. The molecule has 26 heavy (non-hydrogen) atoms. The monoisotopic (exact) mass is 355 g/mol. The van der Waals surface area contributed by atoms with Crippen molar-refractivity contribution in [2.24, 2.45) is 0 Å². The van der Waals surface area contributed by atoms with Crippen molar-refractivity contribution in [3.05, 3.63) is 48.5 Å². The number of methoxy groups -OCH3 is 1. The second-order valence-electron chi connectivity index (χ2n) is 6.41. The number of piperazine rings is 1. The van der Waals surface area contributed by atoms with E-state index in [1.807, 2.05) is 43.3 Å². The summed E-state index contributed by atoms with van der Waals surface area (Å²) in [5.74, 6) is 0.978. The number of aromatic hydroxyl groups is 1. The smallest absolute Gasteiger partial charge is 0.241 e. The molecular formula is C20H25N3O3. The highest BCUT2D eigenvalue weighted by Gasteiger charge is 2.26. The minimum atomic E-state index is -0.229. The summed E-state index contributed by atoms with van der Waals surface area (Å²) in [6, 6.07) is 14.5. The van der Waals surface area contributed by atoms with Gasteiger partial charge in [0.25, 0.3) is 0 Å². The summed E-state index contributed by atoms with van der Waals surface area (Å²) in [7, 11) is 1.60. The van der Waals surface area contributed by atoms with E-state index >= 15 is 0 Å². The van der Waals surface area contributed by atoms with Crippen molar-refractivity contribution in [3.63, 3.8) is 0 Å². The highest BCUT2D eigenvalue weighted by Crippen LogP contribution is 2.27. The van der Waals surface area contributed by atoms with Crippen molar-refractivity contribution in [1.29, 1.82) is 0 Å². The number of hydrogen-bond donors (Lipinski definition) is 2. The first kappa shape index (κ1) is 18.1. The molecule has 1 fully saturated rings. The van der Waals surface area contributed by atoms with E-state index in [0.717, 1.165) is 37.6 Å². The van der Waals surface area contributed by atoms with E-state index < -0.39 is 0 Å². The number of anilines is 2. The minimum absolute atomic E-state index is 0.0331. The van der Waals surface area contributed by atoms with Gasteiger partial charge in [0.1, 0.15) is 11.5 Å². The largest absolute Gasteiger partial charge is 0.506 e. The van der Waals surface area contributed by atoms with Crippen LogP contribution in [0.2, 0.25) is 0 Å². The molecule has 0 radical (unpaired) electrons. The van der Waals surface area contributed by atoms with Gasteiger partial charge >= 0.3 is 0 Å². The van der Waals surface area contributed by atoms with E-state index in [4.69, 9.17) is 4.74 Å². The van der Waals surface area contributed by atoms with Gasteiger partial charge in [-0.3, -0.25) is 9.69 Å². The van der Waals surface area contributed by atoms with Gasteiger partial charge in [-0.2, -0.15) is 0 Å². The van der Waals surface area contributed by atoms with E-state index in [1.165, 1.54) is 0 Å². The number of para-hydroxylation sites is 2. The molecule has 1 aliphatic rings. The van der Waals surface area contributed by atoms with Gasteiger partial charge in [0.15, 0.2) is 0 Å². The summed E-state index contributed by atoms with van der Waals surface area (Å²) in [4.78, 5) is 16.9. The Bertz CT molecular complexity index is 757. The van der Waals surface area contributed by atoms with Crippen LogP contribution < -0.4 is 15.0 Å². The standard InChI is InChI=1S/C20H25N3O3/c1-15(20(25)21-16-6-5-7-17(14-16)26-2)22-10-12-23(13-11-22)18-8-3-4-9-19(18)24/h3-9,14-15,24H,10-13H2,1-2H3,(H,21,25)/t15-/m0/s1. The second kappa shape index (κ2) is 8.10. The van der Waals surface area contributed by atoms with Gasteiger partial charge in [0.2, 0.25) is 5.91 Å². The van der Waals surface area contributed by atoms with E-state index in [2.05, 4.69) is 15.1 Å². The summed E-state index contributed by atoms with van der Waals surface area (Å²) in [5.41, 5.74) is 1.58. The normalized spacial score (nSPS) is 16.2. The number of hydrogen-bond acceptors (Lipinski definition) is 5. The van der Waals surface area contributed by atoms with E-state index in [0.29, 0.717) is 11.5 Å². The number of rotatable bonds is 5. The molecule has 1 atom stereocenters. The molecule has 1 heterocycles. The molecule has 0 aliphatic carbocycles. The zero-order valence-corrected chi connectivity index (χ0v) is 15.2. The topological polar surface area (TPSA) is 65.0 Å². The summed E-state index contributed by atoms with van der Waals surface area (Å²) < 4.78 is 5.19. The predicted octanol–water partition coefficient (Wildman–Crippen LogP) is 2.55. The first-order chi connectivity index (χ1) is 12.6. The molecule has 138 valence electrons. The number of ether oxygens (including phenoxy) is 1. The lowest BCUT2D eigenvalue weighted by Gasteiger charge is -2.38. The number of nitrogens with zero attached hydrogens (tertiary/aromatic N) is 2. The molecule has 0 bridgehead atoms. The molecule has 0 spiro atoms. The fourth-order valence-corrected chi connectivity index (χ4v) is 3.20. The summed E-state index contributed by atoms with van der Waals surface area (Å²) in [6.07, 6.45) is 0. The number of benzene rings is 2. The lowest BCUT2D eigenvalue weighted by molar-refractivity contribution is -0.120. The molecule has 2 aromatic carbocycles. The van der Waals surface area contributed by atoms with Gasteiger partial charge in [-0.05, 0) is 31.2 Å². The van der Waals surface area contributed by atoms with Crippen molar-refractivity contribution >= 4 is 17.3 Å². The third-order valence-corrected chi connectivity index (χ3v) is 4.80. The molecule has 3 rings (SSSR count). The van der Waals surface area contributed by atoms with Crippen LogP contribution in [0.3, 0.4) is 0 Å². The first-order valence-corrected chi connectivity index (χ1v) is 8.80. The molecular weight excluding hydrogens is 330 g/mol. The third-order valence-electron chi connectivity index (χ3n) is 4.80. The fourth-order valence-electron chi connectivity index (χ4n) is 3.20. The highest BCUT2D eigenvalue weighted by atomic mass is 16.5. The summed E-state index contributed by atoms with van der Waals surface area (Å²) in [5, 5.41) is 13.0. The van der Waals surface area contributed by atoms with Crippen molar-refractivity contribution in [3.8, 4) is 11.5 Å². The van der Waals surface area contributed by atoms with E-state index in [-0.39, 0.29) is 11.9 Å². The van der Waals surface area contributed by atoms with Gasteiger partial charge in [0.05, 0.1) is 18.8 Å². The molecule has 1 aliphatic heterocycles. The van der Waals surface area contributed by atoms with Crippen LogP contribution in [-0.4, -0.2) is 55.2 Å².